The van der Waals surface area contributed by atoms with Crippen LogP contribution in [0.2, 0.25) is 0 Å². The molecule has 0 aromatic carbocycles. The lowest BCUT2D eigenvalue weighted by atomic mass is 9.86. The predicted molar refractivity (Wildman–Crippen MR) is 36.0 cm³/mol. The van der Waals surface area contributed by atoms with Gasteiger partial charge in [-0.2, -0.15) is 0 Å². The van der Waals surface area contributed by atoms with Crippen molar-refractivity contribution in [3.05, 3.63) is 0 Å². The van der Waals surface area contributed by atoms with Gasteiger partial charge in [-0.15, -0.1) is 0 Å². The average molecular weight is 127 g/mol. The van der Waals surface area contributed by atoms with Gasteiger partial charge in [0.05, 0.1) is 0 Å². The summed E-state index contributed by atoms with van der Waals surface area (Å²) in [4.78, 5) is 11.0. The number of amides is 1. The molecule has 1 N–H and O–H groups in total. The molecule has 0 aromatic heterocycles. The van der Waals surface area contributed by atoms with Gasteiger partial charge in [-0.1, -0.05) is 13.8 Å². The monoisotopic (exact) mass is 127 g/mol. The number of hydrogen-bond donors (Lipinski definition) is 1. The Morgan fingerprint density at radius 2 is 2.44 bits per heavy atom. The number of rotatable bonds is 1. The van der Waals surface area contributed by atoms with Gasteiger partial charge in [-0.3, -0.25) is 4.79 Å². The molecule has 1 saturated heterocycles. The summed E-state index contributed by atoms with van der Waals surface area (Å²) >= 11 is 0. The Morgan fingerprint density at radius 3 is 2.67 bits per heavy atom. The number of hydrogen-bond acceptors (Lipinski definition) is 1. The molecule has 0 bridgehead atoms. The lowest BCUT2D eigenvalue weighted by Gasteiger charge is -2.16. The summed E-state index contributed by atoms with van der Waals surface area (Å²) in [6, 6.07) is 0. The summed E-state index contributed by atoms with van der Waals surface area (Å²) in [6.45, 7) is 4.95. The van der Waals surface area contributed by atoms with Gasteiger partial charge >= 0.3 is 0 Å². The van der Waals surface area contributed by atoms with Crippen molar-refractivity contribution in [2.75, 3.05) is 6.54 Å². The van der Waals surface area contributed by atoms with Gasteiger partial charge in [0.25, 0.3) is 0 Å². The first-order chi connectivity index (χ1) is 4.19. The van der Waals surface area contributed by atoms with Crippen molar-refractivity contribution in [3.8, 4) is 0 Å². The van der Waals surface area contributed by atoms with Crippen molar-refractivity contribution in [3.63, 3.8) is 0 Å². The first-order valence-corrected chi connectivity index (χ1v) is 3.47. The fourth-order valence-corrected chi connectivity index (χ4v) is 1.12. The molecule has 1 fully saturated rings. The summed E-state index contributed by atoms with van der Waals surface area (Å²) in [6.07, 6.45) is 1.96. The van der Waals surface area contributed by atoms with E-state index in [9.17, 15) is 4.79 Å². The minimum absolute atomic E-state index is 0.0556. The molecule has 9 heavy (non-hydrogen) atoms. The standard InChI is InChI=1S/C7H13NO/c1-3-7(2)4-5-8-6(7)9/h3-5H2,1-2H3,(H,8,9)/t7-/m1/s1. The van der Waals surface area contributed by atoms with E-state index in [0.29, 0.717) is 0 Å². The summed E-state index contributed by atoms with van der Waals surface area (Å²) in [5, 5.41) is 2.82. The Kier molecular flexibility index (Phi) is 1.47. The molecule has 1 atom stereocenters. The Bertz CT molecular complexity index is 133. The quantitative estimate of drug-likeness (QED) is 0.557. The predicted octanol–water partition coefficient (Wildman–Crippen LogP) is 0.923. The van der Waals surface area contributed by atoms with Crippen molar-refractivity contribution in [1.29, 1.82) is 0 Å². The van der Waals surface area contributed by atoms with Crippen molar-refractivity contribution >= 4 is 5.91 Å². The van der Waals surface area contributed by atoms with E-state index in [-0.39, 0.29) is 11.3 Å². The molecule has 2 heteroatoms. The van der Waals surface area contributed by atoms with Crippen molar-refractivity contribution < 1.29 is 4.79 Å². The zero-order valence-electron chi connectivity index (χ0n) is 6.03. The Hall–Kier alpha value is -0.530. The van der Waals surface area contributed by atoms with Crippen LogP contribution in [0.4, 0.5) is 0 Å². The van der Waals surface area contributed by atoms with Crippen LogP contribution in [0.3, 0.4) is 0 Å². The van der Waals surface area contributed by atoms with Crippen LogP contribution in [0, 0.1) is 5.41 Å². The maximum Gasteiger partial charge on any atom is 0.225 e. The molecule has 0 radical (unpaired) electrons. The second-order valence-corrected chi connectivity index (χ2v) is 2.92. The van der Waals surface area contributed by atoms with E-state index in [4.69, 9.17) is 0 Å². The minimum Gasteiger partial charge on any atom is -0.356 e. The van der Waals surface area contributed by atoms with Gasteiger partial charge in [0.1, 0.15) is 0 Å². The first kappa shape index (κ1) is 6.59. The fraction of sp³-hybridized carbons (Fsp3) is 0.857. The lowest BCUT2D eigenvalue weighted by molar-refractivity contribution is -0.126. The largest absolute Gasteiger partial charge is 0.356 e. The first-order valence-electron chi connectivity index (χ1n) is 3.47. The van der Waals surface area contributed by atoms with E-state index in [2.05, 4.69) is 12.2 Å². The van der Waals surface area contributed by atoms with E-state index in [1.165, 1.54) is 0 Å². The average Bonchev–Trinajstić information content (AvgIpc) is 2.15. The van der Waals surface area contributed by atoms with Crippen LogP contribution in [-0.2, 0) is 4.79 Å². The normalized spacial score (nSPS) is 34.7. The molecule has 0 aliphatic carbocycles. The van der Waals surface area contributed by atoms with Crippen LogP contribution in [0.1, 0.15) is 26.7 Å². The van der Waals surface area contributed by atoms with Crippen molar-refractivity contribution in [1.82, 2.24) is 5.32 Å². The summed E-state index contributed by atoms with van der Waals surface area (Å²) in [5.74, 6) is 0.227. The zero-order valence-corrected chi connectivity index (χ0v) is 6.03. The third-order valence-electron chi connectivity index (χ3n) is 2.29. The molecule has 1 heterocycles. The molecule has 1 aliphatic rings. The van der Waals surface area contributed by atoms with Gasteiger partial charge in [0.2, 0.25) is 5.91 Å². The molecule has 1 rings (SSSR count). The summed E-state index contributed by atoms with van der Waals surface area (Å²) in [7, 11) is 0. The van der Waals surface area contributed by atoms with Crippen LogP contribution >= 0.6 is 0 Å². The number of carbonyl (C=O) groups excluding carboxylic acids is 1. The second kappa shape index (κ2) is 2.01. The Morgan fingerprint density at radius 1 is 1.78 bits per heavy atom. The highest BCUT2D eigenvalue weighted by Crippen LogP contribution is 2.28. The Balaban J connectivity index is 2.67. The highest BCUT2D eigenvalue weighted by Gasteiger charge is 2.35. The smallest absolute Gasteiger partial charge is 0.225 e. The van der Waals surface area contributed by atoms with Gasteiger partial charge in [0, 0.05) is 12.0 Å². The van der Waals surface area contributed by atoms with Crippen LogP contribution < -0.4 is 5.32 Å². The molecule has 0 saturated carbocycles. The molecule has 1 aliphatic heterocycles. The fourth-order valence-electron chi connectivity index (χ4n) is 1.12. The van der Waals surface area contributed by atoms with E-state index in [1.807, 2.05) is 6.92 Å². The number of nitrogens with one attached hydrogen (secondary N) is 1. The van der Waals surface area contributed by atoms with Crippen molar-refractivity contribution in [2.24, 2.45) is 5.41 Å². The molecule has 0 aromatic rings. The van der Waals surface area contributed by atoms with E-state index in [1.54, 1.807) is 0 Å². The van der Waals surface area contributed by atoms with Crippen LogP contribution in [0.25, 0.3) is 0 Å². The third-order valence-corrected chi connectivity index (χ3v) is 2.29. The lowest BCUT2D eigenvalue weighted by Crippen LogP contribution is -2.27. The van der Waals surface area contributed by atoms with Crippen LogP contribution in [-0.4, -0.2) is 12.5 Å². The third kappa shape index (κ3) is 0.934. The summed E-state index contributed by atoms with van der Waals surface area (Å²) in [5.41, 5.74) is -0.0556. The second-order valence-electron chi connectivity index (χ2n) is 2.92. The topological polar surface area (TPSA) is 29.1 Å². The van der Waals surface area contributed by atoms with E-state index < -0.39 is 0 Å². The molecule has 1 amide bonds. The van der Waals surface area contributed by atoms with Gasteiger partial charge in [-0.05, 0) is 12.8 Å². The minimum atomic E-state index is -0.0556. The molecule has 0 spiro atoms. The SMILES string of the molecule is CC[C@]1(C)CCNC1=O. The zero-order chi connectivity index (χ0) is 6.91. The molecular formula is C7H13NO. The van der Waals surface area contributed by atoms with Gasteiger partial charge in [0.15, 0.2) is 0 Å². The maximum atomic E-state index is 11.0. The highest BCUT2D eigenvalue weighted by atomic mass is 16.2. The van der Waals surface area contributed by atoms with Gasteiger partial charge in [-0.25, -0.2) is 0 Å². The highest BCUT2D eigenvalue weighted by molar-refractivity contribution is 5.84. The molecule has 2 nitrogen and oxygen atoms in total. The summed E-state index contributed by atoms with van der Waals surface area (Å²) < 4.78 is 0. The number of carbonyl (C=O) groups is 1. The van der Waals surface area contributed by atoms with Crippen LogP contribution in [0.5, 0.6) is 0 Å². The molecular weight excluding hydrogens is 114 g/mol. The molecule has 52 valence electrons. The Labute approximate surface area is 55.6 Å². The van der Waals surface area contributed by atoms with Crippen molar-refractivity contribution in [2.45, 2.75) is 26.7 Å². The maximum absolute atomic E-state index is 11.0. The van der Waals surface area contributed by atoms with Crippen LogP contribution in [0.15, 0.2) is 0 Å². The van der Waals surface area contributed by atoms with E-state index in [0.717, 1.165) is 19.4 Å². The van der Waals surface area contributed by atoms with Gasteiger partial charge < -0.3 is 5.32 Å². The molecule has 0 unspecified atom stereocenters. The van der Waals surface area contributed by atoms with E-state index >= 15 is 0 Å².